The number of nitrogens with one attached hydrogen (secondary N) is 1. The van der Waals surface area contributed by atoms with Crippen molar-refractivity contribution >= 4 is 23.3 Å². The van der Waals surface area contributed by atoms with Crippen LogP contribution in [0.3, 0.4) is 0 Å². The summed E-state index contributed by atoms with van der Waals surface area (Å²) in [6.45, 7) is -0.124. The lowest BCUT2D eigenvalue weighted by Gasteiger charge is -2.26. The maximum absolute atomic E-state index is 10.0. The van der Waals surface area contributed by atoms with Crippen molar-refractivity contribution in [1.29, 1.82) is 0 Å². The second kappa shape index (κ2) is 4.59. The highest BCUT2D eigenvalue weighted by atomic mass is 16.6. The molecule has 0 saturated carbocycles. The summed E-state index contributed by atoms with van der Waals surface area (Å²) >= 11 is 0. The number of hydrogen-bond donors (Lipinski definition) is 6. The van der Waals surface area contributed by atoms with Crippen molar-refractivity contribution < 1.29 is 20.1 Å². The number of rotatable bonds is 2. The van der Waals surface area contributed by atoms with Crippen molar-refractivity contribution in [3.05, 3.63) is 0 Å². The summed E-state index contributed by atoms with van der Waals surface area (Å²) in [4.78, 5) is 9.48. The van der Waals surface area contributed by atoms with Crippen molar-refractivity contribution in [2.75, 3.05) is 35.0 Å². The molecule has 1 unspecified atom stereocenters. The smallest absolute Gasteiger partial charge is 0.224 e. The number of aliphatic hydroxyl groups excluding tert-OH is 3. The molecule has 1 fully saturated rings. The van der Waals surface area contributed by atoms with E-state index < -0.39 is 31.1 Å². The third-order valence-corrected chi connectivity index (χ3v) is 3.46. The second-order valence-electron chi connectivity index (χ2n) is 4.70. The number of fused-ring (bicyclic) bond motifs is 1. The van der Waals surface area contributed by atoms with Gasteiger partial charge in [-0.2, -0.15) is 9.97 Å². The zero-order valence-electron chi connectivity index (χ0n) is 10.5. The quantitative estimate of drug-likeness (QED) is 0.336. The van der Waals surface area contributed by atoms with E-state index in [1.54, 1.807) is 4.90 Å². The Balaban J connectivity index is 1.92. The maximum atomic E-state index is 10.0. The van der Waals surface area contributed by atoms with Gasteiger partial charge in [0, 0.05) is 0 Å². The fourth-order valence-corrected chi connectivity index (χ4v) is 2.45. The summed E-state index contributed by atoms with van der Waals surface area (Å²) in [5, 5.41) is 31.9. The highest BCUT2D eigenvalue weighted by Gasteiger charge is 2.47. The Labute approximate surface area is 114 Å². The van der Waals surface area contributed by atoms with E-state index in [4.69, 9.17) is 21.3 Å². The molecule has 8 N–H and O–H groups in total. The second-order valence-corrected chi connectivity index (χ2v) is 4.70. The van der Waals surface area contributed by atoms with Crippen molar-refractivity contribution in [2.24, 2.45) is 0 Å². The topological polar surface area (TPSA) is 163 Å². The Morgan fingerprint density at radius 1 is 1.30 bits per heavy atom. The Morgan fingerprint density at radius 3 is 2.70 bits per heavy atom. The fraction of sp³-hybridized carbons (Fsp3) is 0.600. The highest BCUT2D eigenvalue weighted by molar-refractivity contribution is 5.81. The van der Waals surface area contributed by atoms with E-state index in [2.05, 4.69) is 15.3 Å². The number of aromatic nitrogens is 2. The van der Waals surface area contributed by atoms with Crippen LogP contribution in [0.4, 0.5) is 23.3 Å². The predicted molar refractivity (Wildman–Crippen MR) is 69.6 cm³/mol. The molecule has 20 heavy (non-hydrogen) atoms. The summed E-state index contributed by atoms with van der Waals surface area (Å²) < 4.78 is 5.45. The molecule has 2 aliphatic heterocycles. The Hall–Kier alpha value is -1.88. The van der Waals surface area contributed by atoms with Crippen LogP contribution in [0.2, 0.25) is 0 Å². The molecule has 0 aliphatic carbocycles. The molecule has 0 spiro atoms. The van der Waals surface area contributed by atoms with Gasteiger partial charge in [0.25, 0.3) is 0 Å². The first-order valence-corrected chi connectivity index (χ1v) is 6.09. The van der Waals surface area contributed by atoms with Crippen LogP contribution in [0.5, 0.6) is 0 Å². The van der Waals surface area contributed by atoms with Gasteiger partial charge < -0.3 is 41.7 Å². The van der Waals surface area contributed by atoms with Gasteiger partial charge in [-0.1, -0.05) is 0 Å². The zero-order chi connectivity index (χ0) is 14.4. The summed E-state index contributed by atoms with van der Waals surface area (Å²) in [6.07, 6.45) is -4.07. The minimum Gasteiger partial charge on any atom is -0.394 e. The van der Waals surface area contributed by atoms with E-state index in [9.17, 15) is 10.2 Å². The van der Waals surface area contributed by atoms with Gasteiger partial charge in [-0.25, -0.2) is 0 Å². The number of ether oxygens (including phenoxy) is 1. The summed E-state index contributed by atoms with van der Waals surface area (Å²) in [6, 6.07) is 0. The molecule has 3 heterocycles. The van der Waals surface area contributed by atoms with Crippen molar-refractivity contribution in [2.45, 2.75) is 24.5 Å². The SMILES string of the molecule is Nc1nc(N)c2c(n1)N([C@@H]1O[C@H](CO)C(O)[C@@H]1O)CN2. The van der Waals surface area contributed by atoms with Crippen molar-refractivity contribution in [3.63, 3.8) is 0 Å². The molecule has 2 aliphatic rings. The molecule has 10 nitrogen and oxygen atoms in total. The lowest BCUT2D eigenvalue weighted by molar-refractivity contribution is -0.0219. The Kier molecular flexibility index (Phi) is 3.01. The molecule has 110 valence electrons. The van der Waals surface area contributed by atoms with E-state index in [1.165, 1.54) is 0 Å². The molecule has 1 aromatic rings. The minimum absolute atomic E-state index is 0.00157. The van der Waals surface area contributed by atoms with Crippen molar-refractivity contribution in [1.82, 2.24) is 9.97 Å². The molecule has 4 atom stereocenters. The standard InChI is InChI=1S/C10H16N6O4/c11-7-4-8(15-10(12)14-7)16(2-13-4)9-6(19)5(18)3(1-17)20-9/h3,5-6,9,13,17-19H,1-2H2,(H4,11,12,14,15)/t3-,5?,6+,9-/m1/s1. The van der Waals surface area contributed by atoms with Crippen LogP contribution in [-0.4, -0.2) is 63.1 Å². The van der Waals surface area contributed by atoms with Crippen LogP contribution in [0.1, 0.15) is 0 Å². The maximum Gasteiger partial charge on any atom is 0.224 e. The Bertz CT molecular complexity index is 529. The number of nitrogens with two attached hydrogens (primary N) is 2. The molecule has 0 amide bonds. The number of nitrogen functional groups attached to an aromatic ring is 2. The average molecular weight is 284 g/mol. The van der Waals surface area contributed by atoms with Gasteiger partial charge in [-0.15, -0.1) is 0 Å². The average Bonchev–Trinajstić information content (AvgIpc) is 2.93. The van der Waals surface area contributed by atoms with E-state index in [-0.39, 0.29) is 18.4 Å². The van der Waals surface area contributed by atoms with E-state index in [1.807, 2.05) is 0 Å². The molecule has 0 radical (unpaired) electrons. The number of hydrogen-bond acceptors (Lipinski definition) is 10. The number of anilines is 4. The largest absolute Gasteiger partial charge is 0.394 e. The van der Waals surface area contributed by atoms with Crippen molar-refractivity contribution in [3.8, 4) is 0 Å². The molecule has 0 aromatic carbocycles. The summed E-state index contributed by atoms with van der Waals surface area (Å²) in [5.41, 5.74) is 11.8. The lowest BCUT2D eigenvalue weighted by Crippen LogP contribution is -2.44. The van der Waals surface area contributed by atoms with Gasteiger partial charge >= 0.3 is 0 Å². The van der Waals surface area contributed by atoms with Crippen LogP contribution in [-0.2, 0) is 4.74 Å². The molecule has 3 rings (SSSR count). The third-order valence-electron chi connectivity index (χ3n) is 3.46. The molecule has 1 aromatic heterocycles. The molecular weight excluding hydrogens is 268 g/mol. The molecule has 1 saturated heterocycles. The van der Waals surface area contributed by atoms with Crippen LogP contribution < -0.4 is 21.7 Å². The highest BCUT2D eigenvalue weighted by Crippen LogP contribution is 2.38. The third kappa shape index (κ3) is 1.81. The minimum atomic E-state index is -1.18. The number of aliphatic hydroxyl groups is 3. The van der Waals surface area contributed by atoms with E-state index in [0.717, 1.165) is 0 Å². The predicted octanol–water partition coefficient (Wildman–Crippen LogP) is -2.73. The van der Waals surface area contributed by atoms with Gasteiger partial charge in [0.2, 0.25) is 5.95 Å². The Morgan fingerprint density at radius 2 is 2.05 bits per heavy atom. The monoisotopic (exact) mass is 284 g/mol. The van der Waals surface area contributed by atoms with Crippen LogP contribution in [0, 0.1) is 0 Å². The fourth-order valence-electron chi connectivity index (χ4n) is 2.45. The lowest BCUT2D eigenvalue weighted by atomic mass is 10.1. The normalized spacial score (nSPS) is 32.2. The van der Waals surface area contributed by atoms with Crippen LogP contribution in [0.15, 0.2) is 0 Å². The van der Waals surface area contributed by atoms with E-state index >= 15 is 0 Å². The molecule has 10 heteroatoms. The zero-order valence-corrected chi connectivity index (χ0v) is 10.5. The first-order valence-electron chi connectivity index (χ1n) is 6.09. The first kappa shape index (κ1) is 13.1. The summed E-state index contributed by atoms with van der Waals surface area (Å²) in [5.74, 6) is 0.591. The number of nitrogens with zero attached hydrogens (tertiary/aromatic N) is 3. The van der Waals surface area contributed by atoms with Gasteiger partial charge in [0.05, 0.1) is 13.3 Å². The van der Waals surface area contributed by atoms with Gasteiger partial charge in [-0.3, -0.25) is 0 Å². The summed E-state index contributed by atoms with van der Waals surface area (Å²) in [7, 11) is 0. The van der Waals surface area contributed by atoms with E-state index in [0.29, 0.717) is 11.5 Å². The molecule has 0 bridgehead atoms. The van der Waals surface area contributed by atoms with Gasteiger partial charge in [0.15, 0.2) is 17.9 Å². The molecular formula is C10H16N6O4. The first-order chi connectivity index (χ1) is 9.52. The van der Waals surface area contributed by atoms with Gasteiger partial charge in [0.1, 0.15) is 24.0 Å². The van der Waals surface area contributed by atoms with Gasteiger partial charge in [-0.05, 0) is 0 Å². The van der Waals surface area contributed by atoms with Crippen LogP contribution >= 0.6 is 0 Å². The van der Waals surface area contributed by atoms with Crippen LogP contribution in [0.25, 0.3) is 0 Å².